The Morgan fingerprint density at radius 1 is 1.05 bits per heavy atom. The summed E-state index contributed by atoms with van der Waals surface area (Å²) in [5.74, 6) is 2.59. The number of imidazole rings is 1. The minimum absolute atomic E-state index is 0.0297. The summed E-state index contributed by atoms with van der Waals surface area (Å²) in [5.41, 5.74) is 4.35. The van der Waals surface area contributed by atoms with Crippen molar-refractivity contribution in [3.8, 4) is 0 Å². The summed E-state index contributed by atoms with van der Waals surface area (Å²) >= 11 is 0. The molecule has 1 amide bonds. The van der Waals surface area contributed by atoms with Gasteiger partial charge >= 0.3 is 0 Å². The van der Waals surface area contributed by atoms with Gasteiger partial charge in [-0.1, -0.05) is 20.8 Å². The number of aromatic nitrogens is 6. The van der Waals surface area contributed by atoms with E-state index in [1.54, 1.807) is 0 Å². The maximum absolute atomic E-state index is 13.2. The predicted octanol–water partition coefficient (Wildman–Crippen LogP) is 6.18. The van der Waals surface area contributed by atoms with Crippen molar-refractivity contribution < 1.29 is 9.22 Å². The van der Waals surface area contributed by atoms with Gasteiger partial charge in [0, 0.05) is 61.3 Å². The minimum atomic E-state index is -2.01. The molecule has 10 nitrogen and oxygen atoms in total. The molecule has 0 aromatic carbocycles. The highest BCUT2D eigenvalue weighted by atomic mass is 28.4. The van der Waals surface area contributed by atoms with Crippen LogP contribution in [0.25, 0.3) is 5.78 Å². The van der Waals surface area contributed by atoms with E-state index in [1.165, 1.54) is 24.7 Å². The van der Waals surface area contributed by atoms with Crippen LogP contribution in [-0.4, -0.2) is 56.2 Å². The molecule has 4 atom stereocenters. The highest BCUT2D eigenvalue weighted by Crippen LogP contribution is 2.47. The van der Waals surface area contributed by atoms with Gasteiger partial charge in [-0.3, -0.25) is 14.2 Å². The fraction of sp³-hybridized carbons (Fsp3) is 0.515. The van der Waals surface area contributed by atoms with Gasteiger partial charge in [-0.05, 0) is 73.5 Å². The first-order valence-electron chi connectivity index (χ1n) is 15.8. The van der Waals surface area contributed by atoms with Gasteiger partial charge in [0.15, 0.2) is 8.32 Å². The van der Waals surface area contributed by atoms with Crippen molar-refractivity contribution in [2.75, 3.05) is 16.8 Å². The van der Waals surface area contributed by atoms with Gasteiger partial charge in [0.1, 0.15) is 18.0 Å². The number of carbonyl (C=O) groups excluding carboxylic acids is 1. The molecule has 0 bridgehead atoms. The molecule has 4 aromatic rings. The molecule has 44 heavy (non-hydrogen) atoms. The molecule has 7 rings (SSSR count). The zero-order valence-electron chi connectivity index (χ0n) is 26.5. The fourth-order valence-corrected chi connectivity index (χ4v) is 7.44. The molecule has 2 saturated carbocycles. The number of anilines is 2. The topological polar surface area (TPSA) is 110 Å². The first kappa shape index (κ1) is 29.0. The monoisotopic (exact) mass is 610 g/mol. The quantitative estimate of drug-likeness (QED) is 0.235. The second-order valence-electron chi connectivity index (χ2n) is 14.4. The van der Waals surface area contributed by atoms with E-state index in [-0.39, 0.29) is 34.9 Å². The number of carbonyl (C=O) groups is 1. The number of aryl methyl sites for hydroxylation is 1. The van der Waals surface area contributed by atoms with Crippen molar-refractivity contribution in [3.05, 3.63) is 71.8 Å². The number of nitrogens with one attached hydrogen (secondary N) is 1. The number of fused-ring (bicyclic) bond motifs is 1. The molecular formula is C33H42N8O2Si. The van der Waals surface area contributed by atoms with E-state index in [4.69, 9.17) is 9.41 Å². The van der Waals surface area contributed by atoms with E-state index in [0.29, 0.717) is 24.1 Å². The van der Waals surface area contributed by atoms with Gasteiger partial charge < -0.3 is 14.6 Å². The van der Waals surface area contributed by atoms with Crippen LogP contribution >= 0.6 is 0 Å². The Morgan fingerprint density at radius 3 is 2.61 bits per heavy atom. The first-order valence-corrected chi connectivity index (χ1v) is 18.7. The van der Waals surface area contributed by atoms with Gasteiger partial charge in [-0.15, -0.1) is 0 Å². The number of hydrogen-bond acceptors (Lipinski definition) is 8. The zero-order chi connectivity index (χ0) is 30.8. The average Bonchev–Trinajstić information content (AvgIpc) is 3.89. The summed E-state index contributed by atoms with van der Waals surface area (Å²) in [4.78, 5) is 38.7. The highest BCUT2D eigenvalue weighted by Gasteiger charge is 2.46. The van der Waals surface area contributed by atoms with Crippen LogP contribution in [0.4, 0.5) is 11.6 Å². The smallest absolute Gasteiger partial charge is 0.234 e. The summed E-state index contributed by atoms with van der Waals surface area (Å²) in [6, 6.07) is 5.87. The third-order valence-electron chi connectivity index (χ3n) is 9.91. The lowest BCUT2D eigenvalue weighted by atomic mass is 10.1. The Balaban J connectivity index is 1.14. The van der Waals surface area contributed by atoms with E-state index in [9.17, 15) is 4.79 Å². The highest BCUT2D eigenvalue weighted by molar-refractivity contribution is 6.74. The standard InChI is InChI=1S/C33H42N8O2Si/c1-20-9-10-34-26(11-20)24-13-25(24)31(42)39-29-14-30(37-19-36-29)41-17-23(43-44(5,6)33(2,3)4)12-28(41)27-18-40-16-22(21-7-8-21)15-35-32(40)38-27/h9-11,14-16,18-19,21,23-25,28H,7-8,12-13,17H2,1-6H3,(H,36,37,39,42)/t23-,24+,25+,28+/m0/s1. The van der Waals surface area contributed by atoms with E-state index in [0.717, 1.165) is 35.6 Å². The third kappa shape index (κ3) is 5.74. The lowest BCUT2D eigenvalue weighted by Crippen LogP contribution is -2.44. The van der Waals surface area contributed by atoms with Gasteiger partial charge in [-0.2, -0.15) is 0 Å². The average molecular weight is 611 g/mol. The summed E-state index contributed by atoms with van der Waals surface area (Å²) in [6.45, 7) is 14.1. The molecule has 0 unspecified atom stereocenters. The first-order chi connectivity index (χ1) is 20.9. The SMILES string of the molecule is Cc1ccnc([C@@H]2C[C@H]2C(=O)Nc2cc(N3C[C@@H](O[Si](C)(C)C(C)(C)C)C[C@@H]3c3cn4cc(C5CC5)cnc4n3)ncn2)c1. The fourth-order valence-electron chi connectivity index (χ4n) is 6.08. The Morgan fingerprint density at radius 2 is 1.86 bits per heavy atom. The molecule has 0 spiro atoms. The molecule has 230 valence electrons. The molecule has 1 aliphatic heterocycles. The van der Waals surface area contributed by atoms with Crippen molar-refractivity contribution in [1.82, 2.24) is 29.3 Å². The zero-order valence-corrected chi connectivity index (χ0v) is 27.5. The van der Waals surface area contributed by atoms with Crippen LogP contribution in [0.2, 0.25) is 18.1 Å². The molecule has 3 aliphatic rings. The summed E-state index contributed by atoms with van der Waals surface area (Å²) in [7, 11) is -2.01. The lowest BCUT2D eigenvalue weighted by Gasteiger charge is -2.38. The second-order valence-corrected chi connectivity index (χ2v) is 19.2. The number of amides is 1. The molecular weight excluding hydrogens is 569 g/mol. The van der Waals surface area contributed by atoms with Gasteiger partial charge in [0.25, 0.3) is 0 Å². The minimum Gasteiger partial charge on any atom is -0.412 e. The van der Waals surface area contributed by atoms with Crippen LogP contribution in [0.15, 0.2) is 49.3 Å². The van der Waals surface area contributed by atoms with E-state index in [2.05, 4.69) is 86.9 Å². The van der Waals surface area contributed by atoms with Gasteiger partial charge in [-0.25, -0.2) is 19.9 Å². The molecule has 4 aromatic heterocycles. The van der Waals surface area contributed by atoms with Crippen molar-refractivity contribution in [1.29, 1.82) is 0 Å². The van der Waals surface area contributed by atoms with E-state index in [1.807, 2.05) is 31.5 Å². The van der Waals surface area contributed by atoms with Crippen LogP contribution in [0, 0.1) is 12.8 Å². The van der Waals surface area contributed by atoms with Crippen molar-refractivity contribution >= 4 is 31.6 Å². The molecule has 5 heterocycles. The number of pyridine rings is 1. The third-order valence-corrected chi connectivity index (χ3v) is 14.4. The summed E-state index contributed by atoms with van der Waals surface area (Å²) in [6.07, 6.45) is 13.7. The molecule has 11 heteroatoms. The van der Waals surface area contributed by atoms with Gasteiger partial charge in [0.05, 0.1) is 17.8 Å². The van der Waals surface area contributed by atoms with Crippen molar-refractivity contribution in [3.63, 3.8) is 0 Å². The van der Waals surface area contributed by atoms with Crippen LogP contribution in [0.5, 0.6) is 0 Å². The molecule has 2 aliphatic carbocycles. The molecule has 3 fully saturated rings. The molecule has 1 saturated heterocycles. The molecule has 0 radical (unpaired) electrons. The predicted molar refractivity (Wildman–Crippen MR) is 172 cm³/mol. The van der Waals surface area contributed by atoms with Crippen LogP contribution in [0.3, 0.4) is 0 Å². The second kappa shape index (κ2) is 10.7. The van der Waals surface area contributed by atoms with Crippen LogP contribution in [-0.2, 0) is 9.22 Å². The van der Waals surface area contributed by atoms with E-state index < -0.39 is 8.32 Å². The largest absolute Gasteiger partial charge is 0.412 e. The Labute approximate surface area is 259 Å². The van der Waals surface area contributed by atoms with Crippen LogP contribution in [0.1, 0.15) is 86.8 Å². The normalized spacial score (nSPS) is 23.7. The number of rotatable bonds is 8. The number of nitrogens with zero attached hydrogens (tertiary/aromatic N) is 7. The maximum atomic E-state index is 13.2. The lowest BCUT2D eigenvalue weighted by molar-refractivity contribution is -0.117. The van der Waals surface area contributed by atoms with E-state index >= 15 is 0 Å². The van der Waals surface area contributed by atoms with Crippen molar-refractivity contribution in [2.24, 2.45) is 5.92 Å². The van der Waals surface area contributed by atoms with Crippen molar-refractivity contribution in [2.45, 2.75) is 95.5 Å². The Bertz CT molecular complexity index is 1710. The molecule has 1 N–H and O–H groups in total. The van der Waals surface area contributed by atoms with Crippen LogP contribution < -0.4 is 10.2 Å². The summed E-state index contributed by atoms with van der Waals surface area (Å²) < 4.78 is 8.98. The number of hydrogen-bond donors (Lipinski definition) is 1. The Hall–Kier alpha value is -3.70. The maximum Gasteiger partial charge on any atom is 0.234 e. The van der Waals surface area contributed by atoms with Gasteiger partial charge in [0.2, 0.25) is 11.7 Å². The Kier molecular flexibility index (Phi) is 7.08. The summed E-state index contributed by atoms with van der Waals surface area (Å²) in [5, 5.41) is 3.15.